The molecule has 3 aromatic heterocycles. The molecule has 22 heavy (non-hydrogen) atoms. The quantitative estimate of drug-likeness (QED) is 0.776. The highest BCUT2D eigenvalue weighted by Gasteiger charge is 2.28. The van der Waals surface area contributed by atoms with Crippen LogP contribution in [0.25, 0.3) is 22.1 Å². The molecule has 0 radical (unpaired) electrons. The molecule has 1 saturated heterocycles. The van der Waals surface area contributed by atoms with E-state index in [0.29, 0.717) is 13.1 Å². The van der Waals surface area contributed by atoms with E-state index in [0.717, 1.165) is 34.9 Å². The van der Waals surface area contributed by atoms with Crippen LogP contribution in [-0.4, -0.2) is 51.6 Å². The Morgan fingerprint density at radius 2 is 2.23 bits per heavy atom. The predicted octanol–water partition coefficient (Wildman–Crippen LogP) is 1.51. The first-order chi connectivity index (χ1) is 10.5. The van der Waals surface area contributed by atoms with Crippen LogP contribution in [-0.2, 0) is 10.0 Å². The minimum Gasteiger partial charge on any atom is -0.346 e. The van der Waals surface area contributed by atoms with Gasteiger partial charge in [0.1, 0.15) is 11.2 Å². The molecule has 1 aliphatic heterocycles. The summed E-state index contributed by atoms with van der Waals surface area (Å²) in [5.41, 5.74) is 2.68. The summed E-state index contributed by atoms with van der Waals surface area (Å²) in [5.74, 6) is 0. The summed E-state index contributed by atoms with van der Waals surface area (Å²) < 4.78 is 27.3. The molecule has 1 fully saturated rings. The first-order valence-electron chi connectivity index (χ1n) is 7.28. The van der Waals surface area contributed by atoms with E-state index in [1.54, 1.807) is 16.8 Å². The van der Waals surface area contributed by atoms with Crippen molar-refractivity contribution in [1.29, 1.82) is 0 Å². The van der Waals surface area contributed by atoms with E-state index in [9.17, 15) is 8.42 Å². The number of rotatable bonds is 2. The maximum Gasteiger partial charge on any atom is 0.211 e. The Bertz CT molecular complexity index is 943. The molecule has 1 unspecified atom stereocenters. The Hall–Kier alpha value is -1.93. The van der Waals surface area contributed by atoms with E-state index in [1.807, 2.05) is 12.3 Å². The number of imidazole rings is 1. The number of pyridine rings is 1. The van der Waals surface area contributed by atoms with Crippen molar-refractivity contribution >= 4 is 32.1 Å². The third-order valence-electron chi connectivity index (χ3n) is 4.34. The number of fused-ring (bicyclic) bond motifs is 3. The molecule has 0 spiro atoms. The maximum absolute atomic E-state index is 11.8. The third-order valence-corrected chi connectivity index (χ3v) is 5.61. The number of piperidine rings is 1. The fourth-order valence-corrected chi connectivity index (χ4v) is 4.16. The lowest BCUT2D eigenvalue weighted by Gasteiger charge is -2.32. The van der Waals surface area contributed by atoms with Crippen molar-refractivity contribution in [3.63, 3.8) is 0 Å². The van der Waals surface area contributed by atoms with Crippen molar-refractivity contribution in [2.24, 2.45) is 0 Å². The second-order valence-electron chi connectivity index (χ2n) is 5.80. The number of H-pyrrole nitrogens is 1. The van der Waals surface area contributed by atoms with Crippen LogP contribution in [0.2, 0.25) is 0 Å². The van der Waals surface area contributed by atoms with Crippen LogP contribution >= 0.6 is 0 Å². The summed E-state index contributed by atoms with van der Waals surface area (Å²) in [6, 6.07) is 2.09. The van der Waals surface area contributed by atoms with E-state index in [-0.39, 0.29) is 6.04 Å². The van der Waals surface area contributed by atoms with Gasteiger partial charge in [0, 0.05) is 30.7 Å². The SMILES string of the molecule is CS(=O)(=O)N1CCCC(n2cnc3cnc4[nH]ccc4c32)C1. The maximum atomic E-state index is 11.8. The molecule has 8 heteroatoms. The highest BCUT2D eigenvalue weighted by molar-refractivity contribution is 7.88. The van der Waals surface area contributed by atoms with Gasteiger partial charge in [0.15, 0.2) is 0 Å². The fourth-order valence-electron chi connectivity index (χ4n) is 3.26. The fraction of sp³-hybridized carbons (Fsp3) is 0.429. The van der Waals surface area contributed by atoms with Gasteiger partial charge in [-0.1, -0.05) is 0 Å². The number of hydrogen-bond acceptors (Lipinski definition) is 4. The number of aromatic nitrogens is 4. The zero-order valence-corrected chi connectivity index (χ0v) is 13.0. The van der Waals surface area contributed by atoms with E-state index in [2.05, 4.69) is 19.5 Å². The van der Waals surface area contributed by atoms with Crippen LogP contribution in [0.3, 0.4) is 0 Å². The summed E-state index contributed by atoms with van der Waals surface area (Å²) in [6.07, 6.45) is 8.50. The summed E-state index contributed by atoms with van der Waals surface area (Å²) >= 11 is 0. The molecule has 0 aromatic carbocycles. The molecule has 3 aromatic rings. The number of sulfonamides is 1. The molecule has 0 amide bonds. The van der Waals surface area contributed by atoms with Crippen molar-refractivity contribution in [3.05, 3.63) is 24.8 Å². The highest BCUT2D eigenvalue weighted by atomic mass is 32.2. The number of nitrogens with zero attached hydrogens (tertiary/aromatic N) is 4. The van der Waals surface area contributed by atoms with Gasteiger partial charge in [-0.3, -0.25) is 0 Å². The van der Waals surface area contributed by atoms with Crippen molar-refractivity contribution in [1.82, 2.24) is 23.8 Å². The first-order valence-corrected chi connectivity index (χ1v) is 9.12. The van der Waals surface area contributed by atoms with Gasteiger partial charge in [-0.2, -0.15) is 0 Å². The van der Waals surface area contributed by atoms with Gasteiger partial charge in [-0.25, -0.2) is 22.7 Å². The molecule has 0 saturated carbocycles. The zero-order chi connectivity index (χ0) is 15.3. The molecule has 0 aliphatic carbocycles. The van der Waals surface area contributed by atoms with Crippen LogP contribution in [0.1, 0.15) is 18.9 Å². The minimum absolute atomic E-state index is 0.106. The lowest BCUT2D eigenvalue weighted by Crippen LogP contribution is -2.39. The summed E-state index contributed by atoms with van der Waals surface area (Å²) in [6.45, 7) is 1.10. The van der Waals surface area contributed by atoms with Gasteiger partial charge in [-0.05, 0) is 18.9 Å². The molecule has 7 nitrogen and oxygen atoms in total. The van der Waals surface area contributed by atoms with Gasteiger partial charge < -0.3 is 9.55 Å². The first kappa shape index (κ1) is 13.7. The predicted molar refractivity (Wildman–Crippen MR) is 84.1 cm³/mol. The van der Waals surface area contributed by atoms with Crippen LogP contribution < -0.4 is 0 Å². The second-order valence-corrected chi connectivity index (χ2v) is 7.78. The molecular weight excluding hydrogens is 302 g/mol. The van der Waals surface area contributed by atoms with Gasteiger partial charge in [0.25, 0.3) is 0 Å². The molecule has 1 N–H and O–H groups in total. The highest BCUT2D eigenvalue weighted by Crippen LogP contribution is 2.29. The number of aromatic amines is 1. The molecule has 0 bridgehead atoms. The molecular formula is C14H17N5O2S. The van der Waals surface area contributed by atoms with Crippen molar-refractivity contribution in [2.75, 3.05) is 19.3 Å². The Balaban J connectivity index is 1.82. The zero-order valence-electron chi connectivity index (χ0n) is 12.2. The number of nitrogens with one attached hydrogen (secondary N) is 1. The summed E-state index contributed by atoms with van der Waals surface area (Å²) in [4.78, 5) is 11.9. The summed E-state index contributed by atoms with van der Waals surface area (Å²) in [5, 5.41) is 1.02. The van der Waals surface area contributed by atoms with Crippen LogP contribution in [0.4, 0.5) is 0 Å². The second kappa shape index (κ2) is 4.79. The molecule has 1 atom stereocenters. The van der Waals surface area contributed by atoms with Crippen molar-refractivity contribution < 1.29 is 8.42 Å². The van der Waals surface area contributed by atoms with Crippen LogP contribution in [0.5, 0.6) is 0 Å². The lowest BCUT2D eigenvalue weighted by atomic mass is 10.1. The Morgan fingerprint density at radius 1 is 1.36 bits per heavy atom. The Kier molecular flexibility index (Phi) is 2.98. The molecule has 4 heterocycles. The third kappa shape index (κ3) is 2.10. The smallest absolute Gasteiger partial charge is 0.211 e. The van der Waals surface area contributed by atoms with E-state index in [1.165, 1.54) is 6.26 Å². The van der Waals surface area contributed by atoms with Crippen LogP contribution in [0, 0.1) is 0 Å². The summed E-state index contributed by atoms with van der Waals surface area (Å²) in [7, 11) is -3.15. The average molecular weight is 319 g/mol. The van der Waals surface area contributed by atoms with Gasteiger partial charge in [-0.15, -0.1) is 0 Å². The minimum atomic E-state index is -3.15. The van der Waals surface area contributed by atoms with Crippen LogP contribution in [0.15, 0.2) is 24.8 Å². The standard InChI is InChI=1S/C14H17N5O2S/c1-22(20,21)18-6-2-3-10(8-18)19-9-17-12-7-16-14-11(13(12)19)4-5-15-14/h4-5,7,9-10H,2-3,6,8H2,1H3,(H,15,16). The number of hydrogen-bond donors (Lipinski definition) is 1. The topological polar surface area (TPSA) is 83.9 Å². The molecule has 116 valence electrons. The van der Waals surface area contributed by atoms with Gasteiger partial charge >= 0.3 is 0 Å². The normalized spacial score (nSPS) is 20.9. The largest absolute Gasteiger partial charge is 0.346 e. The lowest BCUT2D eigenvalue weighted by molar-refractivity contribution is 0.272. The van der Waals surface area contributed by atoms with E-state index >= 15 is 0 Å². The van der Waals surface area contributed by atoms with Gasteiger partial charge in [0.2, 0.25) is 10.0 Å². The monoisotopic (exact) mass is 319 g/mol. The van der Waals surface area contributed by atoms with Crippen molar-refractivity contribution in [2.45, 2.75) is 18.9 Å². The Labute approximate surface area is 128 Å². The van der Waals surface area contributed by atoms with Crippen molar-refractivity contribution in [3.8, 4) is 0 Å². The van der Waals surface area contributed by atoms with E-state index < -0.39 is 10.0 Å². The molecule has 4 rings (SSSR count). The Morgan fingerprint density at radius 3 is 3.05 bits per heavy atom. The average Bonchev–Trinajstić information content (AvgIpc) is 3.12. The molecule has 1 aliphatic rings. The van der Waals surface area contributed by atoms with E-state index in [4.69, 9.17) is 0 Å². The van der Waals surface area contributed by atoms with Gasteiger partial charge in [0.05, 0.1) is 24.3 Å².